The van der Waals surface area contributed by atoms with E-state index in [0.717, 1.165) is 5.56 Å². The molecule has 2 aliphatic heterocycles. The molecule has 0 unspecified atom stereocenters. The predicted octanol–water partition coefficient (Wildman–Crippen LogP) is 2.33. The summed E-state index contributed by atoms with van der Waals surface area (Å²) in [4.78, 5) is 18.4. The molecule has 0 saturated carbocycles. The highest BCUT2D eigenvalue weighted by molar-refractivity contribution is 8.15. The Morgan fingerprint density at radius 1 is 1.29 bits per heavy atom. The molecule has 0 bridgehead atoms. The van der Waals surface area contributed by atoms with Gasteiger partial charge < -0.3 is 4.90 Å². The fraction of sp³-hybridized carbons (Fsp3) is 0.529. The number of amides is 1. The van der Waals surface area contributed by atoms with Gasteiger partial charge in [-0.2, -0.15) is 4.99 Å². The van der Waals surface area contributed by atoms with Crippen molar-refractivity contribution in [3.8, 4) is 0 Å². The van der Waals surface area contributed by atoms with Crippen LogP contribution in [0.2, 0.25) is 0 Å². The molecule has 2 aliphatic rings. The first kappa shape index (κ1) is 17.5. The van der Waals surface area contributed by atoms with E-state index in [4.69, 9.17) is 0 Å². The fourth-order valence-corrected chi connectivity index (χ4v) is 7.07. The highest BCUT2D eigenvalue weighted by Gasteiger charge is 2.48. The van der Waals surface area contributed by atoms with Crippen molar-refractivity contribution in [2.45, 2.75) is 38.1 Å². The summed E-state index contributed by atoms with van der Waals surface area (Å²) in [5, 5.41) is 0.652. The van der Waals surface area contributed by atoms with Crippen LogP contribution in [0.5, 0.6) is 0 Å². The van der Waals surface area contributed by atoms with Crippen molar-refractivity contribution in [2.75, 3.05) is 11.5 Å². The Morgan fingerprint density at radius 2 is 2.00 bits per heavy atom. The summed E-state index contributed by atoms with van der Waals surface area (Å²) in [6, 6.07) is 9.80. The van der Waals surface area contributed by atoms with E-state index < -0.39 is 9.84 Å². The van der Waals surface area contributed by atoms with Crippen molar-refractivity contribution in [2.24, 2.45) is 10.9 Å². The van der Waals surface area contributed by atoms with Crippen molar-refractivity contribution in [1.29, 1.82) is 0 Å². The average molecular weight is 367 g/mol. The zero-order chi connectivity index (χ0) is 17.3. The maximum Gasteiger partial charge on any atom is 0.248 e. The Kier molecular flexibility index (Phi) is 5.01. The lowest BCUT2D eigenvalue weighted by atomic mass is 10.1. The van der Waals surface area contributed by atoms with Crippen LogP contribution in [0.25, 0.3) is 0 Å². The minimum absolute atomic E-state index is 0.0238. The maximum atomic E-state index is 12.1. The van der Waals surface area contributed by atoms with E-state index in [1.165, 1.54) is 11.8 Å². The van der Waals surface area contributed by atoms with Crippen molar-refractivity contribution in [3.05, 3.63) is 35.9 Å². The van der Waals surface area contributed by atoms with Crippen LogP contribution in [0.3, 0.4) is 0 Å². The van der Waals surface area contributed by atoms with Gasteiger partial charge in [0.05, 0.1) is 17.5 Å². The van der Waals surface area contributed by atoms with Gasteiger partial charge in [-0.3, -0.25) is 4.79 Å². The molecule has 0 spiro atoms. The zero-order valence-corrected chi connectivity index (χ0v) is 15.5. The van der Waals surface area contributed by atoms with Gasteiger partial charge in [0.15, 0.2) is 15.0 Å². The number of sulfone groups is 1. The highest BCUT2D eigenvalue weighted by atomic mass is 32.2. The van der Waals surface area contributed by atoms with E-state index in [2.05, 4.69) is 4.99 Å². The molecule has 0 N–H and O–H groups in total. The molecule has 0 radical (unpaired) electrons. The number of amidine groups is 1. The van der Waals surface area contributed by atoms with Crippen LogP contribution >= 0.6 is 11.8 Å². The summed E-state index contributed by atoms with van der Waals surface area (Å²) in [5.74, 6) is 0.448. The van der Waals surface area contributed by atoms with Crippen molar-refractivity contribution in [3.63, 3.8) is 0 Å². The van der Waals surface area contributed by atoms with Crippen LogP contribution < -0.4 is 0 Å². The molecule has 7 heteroatoms. The smallest absolute Gasteiger partial charge is 0.248 e. The second-order valence-electron chi connectivity index (χ2n) is 6.80. The van der Waals surface area contributed by atoms with Gasteiger partial charge in [0.2, 0.25) is 5.91 Å². The summed E-state index contributed by atoms with van der Waals surface area (Å²) in [5.41, 5.74) is 1.09. The number of hydrogen-bond acceptors (Lipinski definition) is 4. The first-order valence-corrected chi connectivity index (χ1v) is 10.8. The Labute approximate surface area is 147 Å². The summed E-state index contributed by atoms with van der Waals surface area (Å²) in [7, 11) is -3.00. The number of hydrogen-bond donors (Lipinski definition) is 0. The number of benzene rings is 1. The van der Waals surface area contributed by atoms with Gasteiger partial charge in [-0.05, 0) is 11.5 Å². The van der Waals surface area contributed by atoms with Gasteiger partial charge in [-0.1, -0.05) is 55.9 Å². The number of rotatable bonds is 4. The van der Waals surface area contributed by atoms with Gasteiger partial charge in [0.1, 0.15) is 0 Å². The zero-order valence-electron chi connectivity index (χ0n) is 13.9. The third-order valence-corrected chi connectivity index (χ3v) is 7.42. The fourth-order valence-electron chi connectivity index (χ4n) is 3.10. The molecule has 3 rings (SSSR count). The topological polar surface area (TPSA) is 66.8 Å². The quantitative estimate of drug-likeness (QED) is 0.818. The second-order valence-corrected chi connectivity index (χ2v) is 10.2. The third-order valence-electron chi connectivity index (χ3n) is 4.17. The van der Waals surface area contributed by atoms with Gasteiger partial charge in [0, 0.05) is 18.2 Å². The van der Waals surface area contributed by atoms with Crippen LogP contribution in [0.4, 0.5) is 0 Å². The predicted molar refractivity (Wildman–Crippen MR) is 97.7 cm³/mol. The molecule has 130 valence electrons. The second kappa shape index (κ2) is 6.88. The molecular formula is C17H22N2O3S2. The molecule has 0 aromatic heterocycles. The van der Waals surface area contributed by atoms with Gasteiger partial charge in [-0.25, -0.2) is 8.42 Å². The molecular weight excluding hydrogens is 344 g/mol. The highest BCUT2D eigenvalue weighted by Crippen LogP contribution is 2.39. The normalized spacial score (nSPS) is 27.0. The summed E-state index contributed by atoms with van der Waals surface area (Å²) >= 11 is 1.44. The van der Waals surface area contributed by atoms with Crippen LogP contribution in [0.15, 0.2) is 35.3 Å². The summed E-state index contributed by atoms with van der Waals surface area (Å²) in [6.45, 7) is 4.56. The molecule has 5 nitrogen and oxygen atoms in total. The maximum absolute atomic E-state index is 12.1. The van der Waals surface area contributed by atoms with Crippen LogP contribution in [-0.2, 0) is 21.2 Å². The van der Waals surface area contributed by atoms with E-state index >= 15 is 0 Å². The largest absolute Gasteiger partial charge is 0.342 e. The number of aliphatic imine (C=N–C) groups is 1. The Hall–Kier alpha value is -1.34. The first-order chi connectivity index (χ1) is 11.3. The molecule has 2 fully saturated rings. The first-order valence-electron chi connectivity index (χ1n) is 8.13. The molecule has 1 aromatic rings. The molecule has 24 heavy (non-hydrogen) atoms. The monoisotopic (exact) mass is 366 g/mol. The molecule has 2 saturated heterocycles. The number of thioether (sulfide) groups is 1. The Morgan fingerprint density at radius 3 is 2.67 bits per heavy atom. The third kappa shape index (κ3) is 4.00. The van der Waals surface area contributed by atoms with Gasteiger partial charge >= 0.3 is 0 Å². The molecule has 2 atom stereocenters. The minimum Gasteiger partial charge on any atom is -0.342 e. The van der Waals surface area contributed by atoms with Crippen LogP contribution in [-0.4, -0.2) is 47.2 Å². The van der Waals surface area contributed by atoms with E-state index in [1.807, 2.05) is 49.1 Å². The Bertz CT molecular complexity index is 744. The van der Waals surface area contributed by atoms with Gasteiger partial charge in [0.25, 0.3) is 0 Å². The van der Waals surface area contributed by atoms with Gasteiger partial charge in [-0.15, -0.1) is 0 Å². The van der Waals surface area contributed by atoms with E-state index in [9.17, 15) is 13.2 Å². The summed E-state index contributed by atoms with van der Waals surface area (Å²) in [6.07, 6.45) is 0.414. The lowest BCUT2D eigenvalue weighted by Crippen LogP contribution is -2.37. The van der Waals surface area contributed by atoms with E-state index in [-0.39, 0.29) is 34.6 Å². The lowest BCUT2D eigenvalue weighted by Gasteiger charge is -2.24. The number of carbonyl (C=O) groups excluding carboxylic acids is 1. The van der Waals surface area contributed by atoms with E-state index in [1.54, 1.807) is 0 Å². The SMILES string of the molecule is CC(C)CC(=O)N=C1S[C@@H]2CS(=O)(=O)C[C@@H]2N1Cc1ccccc1. The number of nitrogens with zero attached hydrogens (tertiary/aromatic N) is 2. The van der Waals surface area contributed by atoms with Crippen LogP contribution in [0, 0.1) is 5.92 Å². The number of carbonyl (C=O) groups is 1. The van der Waals surface area contributed by atoms with E-state index in [0.29, 0.717) is 18.1 Å². The molecule has 1 amide bonds. The molecule has 2 heterocycles. The number of fused-ring (bicyclic) bond motifs is 1. The molecule has 1 aromatic carbocycles. The van der Waals surface area contributed by atoms with Crippen molar-refractivity contribution < 1.29 is 13.2 Å². The van der Waals surface area contributed by atoms with Crippen molar-refractivity contribution in [1.82, 2.24) is 4.90 Å². The van der Waals surface area contributed by atoms with Crippen LogP contribution in [0.1, 0.15) is 25.8 Å². The van der Waals surface area contributed by atoms with Crippen molar-refractivity contribution >= 4 is 32.7 Å². The molecule has 0 aliphatic carbocycles. The average Bonchev–Trinajstić information content (AvgIpc) is 2.92. The minimum atomic E-state index is -3.00. The lowest BCUT2D eigenvalue weighted by molar-refractivity contribution is -0.118. The summed E-state index contributed by atoms with van der Waals surface area (Å²) < 4.78 is 23.9. The standard InChI is InChI=1S/C17H22N2O3S2/c1-12(2)8-16(20)18-17-19(9-13-6-4-3-5-7-13)14-10-24(21,22)11-15(14)23-17/h3-7,12,14-15H,8-11H2,1-2H3/t14-,15+/m0/s1. The Balaban J connectivity index is 1.85.